The maximum Gasteiger partial charge on any atom is 0.0626 e. The Hall–Kier alpha value is -0.570. The van der Waals surface area contributed by atoms with Crippen LogP contribution in [-0.2, 0) is 6.42 Å². The second-order valence-corrected chi connectivity index (χ2v) is 3.65. The minimum absolute atomic E-state index is 0.0578. The van der Waals surface area contributed by atoms with Gasteiger partial charge in [-0.1, -0.05) is 23.7 Å². The lowest BCUT2D eigenvalue weighted by Gasteiger charge is -2.25. The summed E-state index contributed by atoms with van der Waals surface area (Å²) in [6.45, 7) is 1.02. The molecule has 0 saturated carbocycles. The number of hydrogen-bond acceptors (Lipinski definition) is 2. The summed E-state index contributed by atoms with van der Waals surface area (Å²) in [5.41, 5.74) is 2.32. The lowest BCUT2D eigenvalue weighted by Crippen LogP contribution is -2.32. The molecule has 2 nitrogen and oxygen atoms in total. The number of fused-ring (bicyclic) bond motifs is 1. The van der Waals surface area contributed by atoms with Gasteiger partial charge in [-0.3, -0.25) is 0 Å². The molecule has 2 N–H and O–H groups in total. The smallest absolute Gasteiger partial charge is 0.0626 e. The lowest BCUT2D eigenvalue weighted by atomic mass is 9.95. The van der Waals surface area contributed by atoms with Crippen molar-refractivity contribution in [2.75, 3.05) is 13.2 Å². The van der Waals surface area contributed by atoms with Crippen molar-refractivity contribution in [3.8, 4) is 0 Å². The van der Waals surface area contributed by atoms with Crippen LogP contribution >= 0.6 is 11.6 Å². The minimum Gasteiger partial charge on any atom is -0.394 e. The van der Waals surface area contributed by atoms with E-state index in [-0.39, 0.29) is 12.6 Å². The Bertz CT molecular complexity index is 314. The van der Waals surface area contributed by atoms with Crippen LogP contribution in [0.5, 0.6) is 0 Å². The third-order valence-electron chi connectivity index (χ3n) is 2.48. The first-order valence-electron chi connectivity index (χ1n) is 4.44. The average Bonchev–Trinajstić information content (AvgIpc) is 2.18. The summed E-state index contributed by atoms with van der Waals surface area (Å²) in [5.74, 6) is 0. The van der Waals surface area contributed by atoms with E-state index in [2.05, 4.69) is 5.32 Å². The Labute approximate surface area is 82.5 Å². The van der Waals surface area contributed by atoms with Crippen LogP contribution < -0.4 is 5.32 Å². The van der Waals surface area contributed by atoms with E-state index in [1.807, 2.05) is 18.2 Å². The predicted molar refractivity (Wildman–Crippen MR) is 53.0 cm³/mol. The Kier molecular flexibility index (Phi) is 2.54. The summed E-state index contributed by atoms with van der Waals surface area (Å²) in [6.07, 6.45) is 0.950. The quantitative estimate of drug-likeness (QED) is 0.716. The minimum atomic E-state index is 0.0578. The van der Waals surface area contributed by atoms with Crippen LogP contribution in [0.3, 0.4) is 0 Å². The van der Waals surface area contributed by atoms with Crippen LogP contribution in [0.1, 0.15) is 17.2 Å². The number of benzene rings is 1. The molecule has 1 aliphatic rings. The normalized spacial score (nSPS) is 21.2. The maximum absolute atomic E-state index is 9.12. The number of rotatable bonds is 1. The molecule has 3 heteroatoms. The fourth-order valence-corrected chi connectivity index (χ4v) is 2.09. The molecule has 1 aromatic rings. The SMILES string of the molecule is OCC1NCCc2c(Cl)cccc21. The molecule has 0 saturated heterocycles. The highest BCUT2D eigenvalue weighted by Gasteiger charge is 2.19. The zero-order valence-corrected chi connectivity index (χ0v) is 8.01. The number of hydrogen-bond donors (Lipinski definition) is 2. The molecule has 1 aromatic carbocycles. The predicted octanol–water partition coefficient (Wildman–Crippen LogP) is 1.52. The third-order valence-corrected chi connectivity index (χ3v) is 2.83. The Morgan fingerprint density at radius 3 is 3.15 bits per heavy atom. The van der Waals surface area contributed by atoms with Gasteiger partial charge in [0.05, 0.1) is 12.6 Å². The van der Waals surface area contributed by atoms with E-state index in [1.165, 1.54) is 5.56 Å². The van der Waals surface area contributed by atoms with E-state index in [9.17, 15) is 0 Å². The van der Waals surface area contributed by atoms with Crippen LogP contribution in [0, 0.1) is 0 Å². The molecule has 2 rings (SSSR count). The van der Waals surface area contributed by atoms with Crippen LogP contribution in [-0.4, -0.2) is 18.3 Å². The second kappa shape index (κ2) is 3.66. The van der Waals surface area contributed by atoms with E-state index < -0.39 is 0 Å². The average molecular weight is 198 g/mol. The van der Waals surface area contributed by atoms with Crippen molar-refractivity contribution in [2.24, 2.45) is 0 Å². The van der Waals surface area contributed by atoms with Gasteiger partial charge in [-0.05, 0) is 30.2 Å². The molecule has 0 aliphatic carbocycles. The van der Waals surface area contributed by atoms with Crippen molar-refractivity contribution < 1.29 is 5.11 Å². The molecule has 1 unspecified atom stereocenters. The number of nitrogens with one attached hydrogen (secondary N) is 1. The zero-order valence-electron chi connectivity index (χ0n) is 7.26. The van der Waals surface area contributed by atoms with Gasteiger partial charge in [-0.25, -0.2) is 0 Å². The summed E-state index contributed by atoms with van der Waals surface area (Å²) in [6, 6.07) is 5.91. The van der Waals surface area contributed by atoms with Crippen molar-refractivity contribution in [2.45, 2.75) is 12.5 Å². The van der Waals surface area contributed by atoms with Crippen LogP contribution in [0.4, 0.5) is 0 Å². The molecule has 0 amide bonds. The van der Waals surface area contributed by atoms with Crippen LogP contribution in [0.2, 0.25) is 5.02 Å². The zero-order chi connectivity index (χ0) is 9.26. The van der Waals surface area contributed by atoms with E-state index in [0.717, 1.165) is 23.6 Å². The Morgan fingerprint density at radius 2 is 2.38 bits per heavy atom. The van der Waals surface area contributed by atoms with Crippen LogP contribution in [0.25, 0.3) is 0 Å². The molecule has 1 atom stereocenters. The van der Waals surface area contributed by atoms with E-state index >= 15 is 0 Å². The van der Waals surface area contributed by atoms with Gasteiger partial charge in [0.1, 0.15) is 0 Å². The van der Waals surface area contributed by atoms with Gasteiger partial charge in [0.25, 0.3) is 0 Å². The fourth-order valence-electron chi connectivity index (χ4n) is 1.81. The molecule has 1 aliphatic heterocycles. The van der Waals surface area contributed by atoms with Gasteiger partial charge in [-0.15, -0.1) is 0 Å². The topological polar surface area (TPSA) is 32.3 Å². The Morgan fingerprint density at radius 1 is 1.54 bits per heavy atom. The Balaban J connectivity index is 2.45. The number of halogens is 1. The van der Waals surface area contributed by atoms with Crippen LogP contribution in [0.15, 0.2) is 18.2 Å². The van der Waals surface area contributed by atoms with Crippen molar-refractivity contribution in [1.82, 2.24) is 5.32 Å². The molecule has 0 radical (unpaired) electrons. The van der Waals surface area contributed by atoms with Crippen molar-refractivity contribution in [1.29, 1.82) is 0 Å². The monoisotopic (exact) mass is 197 g/mol. The molecule has 0 fully saturated rings. The molecule has 0 spiro atoms. The summed E-state index contributed by atoms with van der Waals surface area (Å²) < 4.78 is 0. The molecule has 1 heterocycles. The highest BCUT2D eigenvalue weighted by atomic mass is 35.5. The van der Waals surface area contributed by atoms with Crippen molar-refractivity contribution in [3.05, 3.63) is 34.3 Å². The highest BCUT2D eigenvalue weighted by Crippen LogP contribution is 2.28. The molecule has 70 valence electrons. The molecule has 0 aromatic heterocycles. The van der Waals surface area contributed by atoms with Gasteiger partial charge < -0.3 is 10.4 Å². The van der Waals surface area contributed by atoms with Gasteiger partial charge in [0.15, 0.2) is 0 Å². The fraction of sp³-hybridized carbons (Fsp3) is 0.400. The van der Waals surface area contributed by atoms with E-state index in [1.54, 1.807) is 0 Å². The first-order chi connectivity index (χ1) is 6.33. The van der Waals surface area contributed by atoms with Crippen molar-refractivity contribution >= 4 is 11.6 Å². The molecule has 0 bridgehead atoms. The number of aliphatic hydroxyl groups is 1. The van der Waals surface area contributed by atoms with Gasteiger partial charge in [-0.2, -0.15) is 0 Å². The lowest BCUT2D eigenvalue weighted by molar-refractivity contribution is 0.240. The first kappa shape index (κ1) is 9.00. The van der Waals surface area contributed by atoms with E-state index in [4.69, 9.17) is 16.7 Å². The van der Waals surface area contributed by atoms with Crippen molar-refractivity contribution in [3.63, 3.8) is 0 Å². The van der Waals surface area contributed by atoms with Gasteiger partial charge in [0.2, 0.25) is 0 Å². The summed E-state index contributed by atoms with van der Waals surface area (Å²) in [4.78, 5) is 0. The highest BCUT2D eigenvalue weighted by molar-refractivity contribution is 6.31. The molecular weight excluding hydrogens is 186 g/mol. The largest absolute Gasteiger partial charge is 0.394 e. The molecular formula is C10H12ClNO. The second-order valence-electron chi connectivity index (χ2n) is 3.25. The summed E-state index contributed by atoms with van der Waals surface area (Å²) >= 11 is 6.06. The summed E-state index contributed by atoms with van der Waals surface area (Å²) in [7, 11) is 0. The molecule has 13 heavy (non-hydrogen) atoms. The number of aliphatic hydroxyl groups excluding tert-OH is 1. The van der Waals surface area contributed by atoms with Gasteiger partial charge >= 0.3 is 0 Å². The van der Waals surface area contributed by atoms with Gasteiger partial charge in [0, 0.05) is 5.02 Å². The maximum atomic E-state index is 9.12. The third kappa shape index (κ3) is 1.57. The standard InChI is InChI=1S/C10H12ClNO/c11-9-3-1-2-8-7(9)4-5-12-10(8)6-13/h1-3,10,12-13H,4-6H2. The first-order valence-corrected chi connectivity index (χ1v) is 4.82. The van der Waals surface area contributed by atoms with E-state index in [0.29, 0.717) is 0 Å². The summed E-state index contributed by atoms with van der Waals surface area (Å²) in [5, 5.41) is 13.2.